The van der Waals surface area contributed by atoms with Crippen LogP contribution in [0.25, 0.3) is 0 Å². The second kappa shape index (κ2) is 7.86. The van der Waals surface area contributed by atoms with Gasteiger partial charge in [-0.2, -0.15) is 0 Å². The van der Waals surface area contributed by atoms with Gasteiger partial charge in [-0.15, -0.1) is 0 Å². The van der Waals surface area contributed by atoms with Crippen LogP contribution in [-0.4, -0.2) is 55.6 Å². The number of aryl methyl sites for hydroxylation is 1. The molecule has 2 aliphatic rings. The minimum atomic E-state index is -4.58. The highest BCUT2D eigenvalue weighted by atomic mass is 35.5. The maximum Gasteiger partial charge on any atom is 0.529 e. The molecule has 168 valence electrons. The average Bonchev–Trinajstić information content (AvgIpc) is 2.95. The standard InChI is InChI=1S/C17H14B3ClFN2O8P/c1-8-3-2-4-9-7-29-33(28,30-12(8)9)32-17(19,20)15(22)5-11(25)16(18,31-15)24-6-10(21)13(26)23-14(24)27/h2-4,6,11,25H,5,7H2,1H3,(H,23,26,27)/t11-,15+,16+,33?/m1/s1. The number of aromatic amines is 1. The lowest BCUT2D eigenvalue weighted by Gasteiger charge is -2.41. The number of nitrogens with zero attached hydrogens (tertiary/aromatic N) is 1. The van der Waals surface area contributed by atoms with Gasteiger partial charge in [0.2, 0.25) is 5.85 Å². The largest absolute Gasteiger partial charge is 0.529 e. The lowest BCUT2D eigenvalue weighted by molar-refractivity contribution is -0.219. The molecular formula is C17H14B3ClFN2O8P. The van der Waals surface area contributed by atoms with Crippen LogP contribution >= 0.6 is 19.4 Å². The van der Waals surface area contributed by atoms with E-state index in [4.69, 9.17) is 53.4 Å². The first-order valence-corrected chi connectivity index (χ1v) is 11.2. The van der Waals surface area contributed by atoms with Crippen LogP contribution in [0, 0.1) is 6.92 Å². The smallest absolute Gasteiger partial charge is 0.403 e. The Hall–Kier alpha value is -1.82. The van der Waals surface area contributed by atoms with Crippen molar-refractivity contribution >= 4 is 43.0 Å². The Bertz CT molecular complexity index is 1290. The van der Waals surface area contributed by atoms with Crippen molar-refractivity contribution in [3.63, 3.8) is 0 Å². The van der Waals surface area contributed by atoms with Crippen molar-refractivity contribution < 1.29 is 32.4 Å². The number of para-hydroxylation sites is 1. The van der Waals surface area contributed by atoms with Gasteiger partial charge in [0.1, 0.15) is 39.9 Å². The number of aliphatic hydroxyl groups excluding tert-OH is 1. The number of nitrogens with one attached hydrogen (secondary N) is 1. The summed E-state index contributed by atoms with van der Waals surface area (Å²) < 4.78 is 49.9. The van der Waals surface area contributed by atoms with E-state index >= 15 is 4.39 Å². The van der Waals surface area contributed by atoms with Gasteiger partial charge >= 0.3 is 13.5 Å². The summed E-state index contributed by atoms with van der Waals surface area (Å²) in [6.07, 6.45) is -2.24. The molecule has 3 heterocycles. The van der Waals surface area contributed by atoms with E-state index in [-0.39, 0.29) is 12.4 Å². The van der Waals surface area contributed by atoms with Crippen LogP contribution in [0.2, 0.25) is 5.02 Å². The summed E-state index contributed by atoms with van der Waals surface area (Å²) in [6, 6.07) is 5.06. The molecule has 1 fully saturated rings. The molecule has 4 atom stereocenters. The Balaban J connectivity index is 1.64. The van der Waals surface area contributed by atoms with Crippen molar-refractivity contribution in [1.82, 2.24) is 9.55 Å². The third-order valence-corrected chi connectivity index (χ3v) is 6.90. The van der Waals surface area contributed by atoms with Crippen molar-refractivity contribution in [1.29, 1.82) is 0 Å². The maximum atomic E-state index is 15.8. The fraction of sp³-hybridized carbons (Fsp3) is 0.412. The van der Waals surface area contributed by atoms with Crippen molar-refractivity contribution in [2.45, 2.75) is 42.9 Å². The lowest BCUT2D eigenvalue weighted by atomic mass is 9.60. The first-order valence-electron chi connectivity index (χ1n) is 9.39. The Morgan fingerprint density at radius 1 is 1.42 bits per heavy atom. The molecule has 1 aromatic carbocycles. The third kappa shape index (κ3) is 4.02. The molecule has 0 amide bonds. The fourth-order valence-electron chi connectivity index (χ4n) is 3.46. The van der Waals surface area contributed by atoms with Crippen LogP contribution in [0.3, 0.4) is 0 Å². The second-order valence-electron chi connectivity index (χ2n) is 7.67. The molecule has 0 bridgehead atoms. The summed E-state index contributed by atoms with van der Waals surface area (Å²) in [4.78, 5) is 25.5. The minimum Gasteiger partial charge on any atom is -0.403 e. The molecule has 1 unspecified atom stereocenters. The number of H-pyrrole nitrogens is 1. The van der Waals surface area contributed by atoms with Crippen molar-refractivity contribution in [3.05, 3.63) is 61.4 Å². The van der Waals surface area contributed by atoms with Gasteiger partial charge in [-0.25, -0.2) is 13.8 Å². The van der Waals surface area contributed by atoms with Crippen molar-refractivity contribution in [2.24, 2.45) is 0 Å². The van der Waals surface area contributed by atoms with Gasteiger partial charge in [0.15, 0.2) is 0 Å². The number of phosphoric ester groups is 1. The Morgan fingerprint density at radius 2 is 2.12 bits per heavy atom. The Labute approximate surface area is 195 Å². The normalized spacial score (nSPS) is 31.7. The van der Waals surface area contributed by atoms with E-state index < -0.39 is 53.5 Å². The molecule has 0 saturated carbocycles. The highest BCUT2D eigenvalue weighted by molar-refractivity contribution is 7.49. The van der Waals surface area contributed by atoms with Gasteiger partial charge in [-0.1, -0.05) is 29.8 Å². The number of ether oxygens (including phenoxy) is 1. The van der Waals surface area contributed by atoms with Crippen molar-refractivity contribution in [2.75, 3.05) is 0 Å². The van der Waals surface area contributed by atoms with Crippen LogP contribution in [0.5, 0.6) is 5.75 Å². The molecule has 10 nitrogen and oxygen atoms in total. The van der Waals surface area contributed by atoms with E-state index in [0.717, 1.165) is 6.20 Å². The molecule has 16 heteroatoms. The summed E-state index contributed by atoms with van der Waals surface area (Å²) in [5.41, 5.74) is -3.59. The first kappa shape index (κ1) is 24.3. The molecule has 1 aromatic heterocycles. The quantitative estimate of drug-likeness (QED) is 0.465. The first-order chi connectivity index (χ1) is 15.2. The number of fused-ring (bicyclic) bond motifs is 1. The van der Waals surface area contributed by atoms with Gasteiger partial charge in [0.25, 0.3) is 5.56 Å². The highest BCUT2D eigenvalue weighted by Gasteiger charge is 2.63. The van der Waals surface area contributed by atoms with Crippen LogP contribution in [-0.2, 0) is 30.6 Å². The SMILES string of the molecule is [B]C([B])(OP1(=O)OCc2cccc(C)c2O1)[C@]1(F)C[C@@H](O)[C@]([B])(n2cc(Cl)c(=O)[nH]c2=O)O1. The summed E-state index contributed by atoms with van der Waals surface area (Å²) in [5.74, 6) is -3.13. The number of alkyl halides is 1. The zero-order valence-electron chi connectivity index (χ0n) is 17.0. The van der Waals surface area contributed by atoms with E-state index in [1.54, 1.807) is 25.1 Å². The summed E-state index contributed by atoms with van der Waals surface area (Å²) in [6.45, 7) is 1.47. The van der Waals surface area contributed by atoms with E-state index in [1.807, 2.05) is 4.98 Å². The number of aliphatic hydroxyl groups is 1. The van der Waals surface area contributed by atoms with E-state index in [0.29, 0.717) is 15.7 Å². The highest BCUT2D eigenvalue weighted by Crippen LogP contribution is 2.59. The number of halogens is 2. The van der Waals surface area contributed by atoms with Crippen LogP contribution in [0.4, 0.5) is 4.39 Å². The molecule has 2 aliphatic heterocycles. The fourth-order valence-corrected chi connectivity index (χ4v) is 5.04. The molecule has 6 radical (unpaired) electrons. The zero-order chi connectivity index (χ0) is 24.4. The number of hydrogen-bond donors (Lipinski definition) is 2. The predicted octanol–water partition coefficient (Wildman–Crippen LogP) is 0.449. The van der Waals surface area contributed by atoms with Crippen molar-refractivity contribution in [3.8, 4) is 5.75 Å². The van der Waals surface area contributed by atoms with Gasteiger partial charge < -0.3 is 14.4 Å². The van der Waals surface area contributed by atoms with E-state index in [1.165, 1.54) is 0 Å². The minimum absolute atomic E-state index is 0.186. The molecule has 4 rings (SSSR count). The number of benzene rings is 1. The van der Waals surface area contributed by atoms with Gasteiger partial charge in [-0.3, -0.25) is 23.4 Å². The Morgan fingerprint density at radius 3 is 2.82 bits per heavy atom. The molecule has 1 saturated heterocycles. The topological polar surface area (TPSA) is 129 Å². The Kier molecular flexibility index (Phi) is 5.79. The maximum absolute atomic E-state index is 15.8. The third-order valence-electron chi connectivity index (χ3n) is 5.25. The summed E-state index contributed by atoms with van der Waals surface area (Å²) in [5, 5.41) is 6.88. The van der Waals surface area contributed by atoms with E-state index in [2.05, 4.69) is 0 Å². The lowest BCUT2D eigenvalue weighted by Crippen LogP contribution is -2.56. The second-order valence-corrected chi connectivity index (χ2v) is 9.59. The molecule has 0 aliphatic carbocycles. The molecule has 33 heavy (non-hydrogen) atoms. The van der Waals surface area contributed by atoms with E-state index in [9.17, 15) is 19.3 Å². The number of aromatic nitrogens is 2. The number of hydrogen-bond acceptors (Lipinski definition) is 8. The van der Waals surface area contributed by atoms with Crippen LogP contribution in [0.15, 0.2) is 34.0 Å². The van der Waals surface area contributed by atoms with Crippen LogP contribution in [0.1, 0.15) is 17.5 Å². The molecule has 2 aromatic rings. The predicted molar refractivity (Wildman–Crippen MR) is 115 cm³/mol. The van der Waals surface area contributed by atoms with Gasteiger partial charge in [0.05, 0.1) is 18.1 Å². The monoisotopic (exact) mass is 492 g/mol. The average molecular weight is 492 g/mol. The molecule has 2 N–H and O–H groups in total. The van der Waals surface area contributed by atoms with Gasteiger partial charge in [0, 0.05) is 18.2 Å². The molecule has 0 spiro atoms. The zero-order valence-corrected chi connectivity index (χ0v) is 18.6. The summed E-state index contributed by atoms with van der Waals surface area (Å²) in [7, 11) is 12.9. The summed E-state index contributed by atoms with van der Waals surface area (Å²) >= 11 is 5.70. The van der Waals surface area contributed by atoms with Crippen LogP contribution < -0.4 is 15.8 Å². The number of phosphoric acid groups is 1. The number of rotatable bonds is 4. The molecular weight excluding hydrogens is 478 g/mol. The van der Waals surface area contributed by atoms with Gasteiger partial charge in [-0.05, 0) is 12.5 Å².